The number of hydrogen-bond donors (Lipinski definition) is 0. The van der Waals surface area contributed by atoms with Crippen molar-refractivity contribution in [2.75, 3.05) is 30.3 Å². The van der Waals surface area contributed by atoms with Crippen molar-refractivity contribution in [3.8, 4) is 0 Å². The molecule has 0 unspecified atom stereocenters. The number of hydrogen-bond acceptors (Lipinski definition) is 5. The minimum atomic E-state index is -3.88. The first-order chi connectivity index (χ1) is 12.7. The maximum Gasteiger partial charge on any atom is 0.309 e. The molecule has 1 aromatic rings. The van der Waals surface area contributed by atoms with Crippen LogP contribution in [0.3, 0.4) is 0 Å². The van der Waals surface area contributed by atoms with Gasteiger partial charge in [0, 0.05) is 13.1 Å². The second-order valence-corrected chi connectivity index (χ2v) is 8.40. The number of anilines is 1. The van der Waals surface area contributed by atoms with Crippen LogP contribution < -0.4 is 4.31 Å². The van der Waals surface area contributed by atoms with Crippen molar-refractivity contribution in [1.29, 1.82) is 0 Å². The van der Waals surface area contributed by atoms with Crippen LogP contribution in [0.1, 0.15) is 26.7 Å². The van der Waals surface area contributed by atoms with Gasteiger partial charge < -0.3 is 9.64 Å². The Kier molecular flexibility index (Phi) is 6.80. The van der Waals surface area contributed by atoms with Gasteiger partial charge in [0.25, 0.3) is 0 Å². The van der Waals surface area contributed by atoms with E-state index < -0.39 is 27.8 Å². The second-order valence-electron chi connectivity index (χ2n) is 6.54. The molecule has 1 aliphatic rings. The molecule has 1 fully saturated rings. The minimum absolute atomic E-state index is 0.165. The topological polar surface area (TPSA) is 84.0 Å². The Labute approximate surface area is 159 Å². The molecular formula is C18H25FN2O5S. The number of halogens is 1. The lowest BCUT2D eigenvalue weighted by Gasteiger charge is -2.36. The van der Waals surface area contributed by atoms with Crippen molar-refractivity contribution >= 4 is 27.6 Å². The molecule has 9 heteroatoms. The van der Waals surface area contributed by atoms with Gasteiger partial charge in [-0.2, -0.15) is 0 Å². The number of esters is 1. The number of carbonyl (C=O) groups is 2. The third-order valence-corrected chi connectivity index (χ3v) is 5.81. The van der Waals surface area contributed by atoms with Crippen LogP contribution in [0.4, 0.5) is 10.1 Å². The molecular weight excluding hydrogens is 375 g/mol. The van der Waals surface area contributed by atoms with Crippen LogP contribution >= 0.6 is 0 Å². The third kappa shape index (κ3) is 4.97. The number of amides is 1. The van der Waals surface area contributed by atoms with Gasteiger partial charge in [-0.15, -0.1) is 0 Å². The molecule has 1 atom stereocenters. The fraction of sp³-hybridized carbons (Fsp3) is 0.556. The summed E-state index contributed by atoms with van der Waals surface area (Å²) in [6.07, 6.45) is 1.85. The van der Waals surface area contributed by atoms with E-state index >= 15 is 0 Å². The summed E-state index contributed by atoms with van der Waals surface area (Å²) < 4.78 is 44.5. The Morgan fingerprint density at radius 3 is 2.41 bits per heavy atom. The summed E-state index contributed by atoms with van der Waals surface area (Å²) in [5.74, 6) is -1.68. The molecule has 7 nitrogen and oxygen atoms in total. The van der Waals surface area contributed by atoms with Crippen LogP contribution in [-0.4, -0.2) is 57.2 Å². The number of piperidine rings is 1. The van der Waals surface area contributed by atoms with E-state index in [1.807, 2.05) is 0 Å². The average Bonchev–Trinajstić information content (AvgIpc) is 2.62. The lowest BCUT2D eigenvalue weighted by Crippen LogP contribution is -2.52. The zero-order valence-electron chi connectivity index (χ0n) is 15.7. The van der Waals surface area contributed by atoms with Crippen LogP contribution in [0.15, 0.2) is 24.3 Å². The number of rotatable bonds is 6. The Morgan fingerprint density at radius 2 is 1.89 bits per heavy atom. The minimum Gasteiger partial charge on any atom is -0.466 e. The van der Waals surface area contributed by atoms with Crippen LogP contribution in [0.5, 0.6) is 0 Å². The summed E-state index contributed by atoms with van der Waals surface area (Å²) in [4.78, 5) is 26.2. The molecule has 2 rings (SSSR count). The van der Waals surface area contributed by atoms with E-state index in [0.29, 0.717) is 32.5 Å². The van der Waals surface area contributed by atoms with E-state index in [1.54, 1.807) is 6.92 Å². The molecule has 1 saturated heterocycles. The number of carbonyl (C=O) groups excluding carboxylic acids is 2. The van der Waals surface area contributed by atoms with Gasteiger partial charge in [-0.1, -0.05) is 12.1 Å². The van der Waals surface area contributed by atoms with Gasteiger partial charge in [0.2, 0.25) is 15.9 Å². The molecule has 1 aromatic carbocycles. The van der Waals surface area contributed by atoms with E-state index in [0.717, 1.165) is 16.6 Å². The van der Waals surface area contributed by atoms with Gasteiger partial charge in [-0.05, 0) is 38.8 Å². The monoisotopic (exact) mass is 400 g/mol. The summed E-state index contributed by atoms with van der Waals surface area (Å²) >= 11 is 0. The summed E-state index contributed by atoms with van der Waals surface area (Å²) in [7, 11) is -3.88. The van der Waals surface area contributed by atoms with Crippen molar-refractivity contribution in [2.45, 2.75) is 32.7 Å². The summed E-state index contributed by atoms with van der Waals surface area (Å²) in [5.41, 5.74) is -0.165. The average molecular weight is 400 g/mol. The number of sulfonamides is 1. The quantitative estimate of drug-likeness (QED) is 0.680. The van der Waals surface area contributed by atoms with Gasteiger partial charge in [-0.25, -0.2) is 12.8 Å². The predicted octanol–water partition coefficient (Wildman–Crippen LogP) is 1.78. The van der Waals surface area contributed by atoms with Crippen LogP contribution in [-0.2, 0) is 24.3 Å². The van der Waals surface area contributed by atoms with Crippen molar-refractivity contribution in [3.63, 3.8) is 0 Å². The molecule has 1 heterocycles. The summed E-state index contributed by atoms with van der Waals surface area (Å²) in [6, 6.07) is 4.34. The van der Waals surface area contributed by atoms with E-state index in [4.69, 9.17) is 4.74 Å². The number of nitrogens with zero attached hydrogens (tertiary/aromatic N) is 2. The first-order valence-electron chi connectivity index (χ1n) is 8.86. The largest absolute Gasteiger partial charge is 0.466 e. The highest BCUT2D eigenvalue weighted by atomic mass is 32.2. The Bertz CT molecular complexity index is 791. The lowest BCUT2D eigenvalue weighted by atomic mass is 9.96. The molecule has 27 heavy (non-hydrogen) atoms. The highest BCUT2D eigenvalue weighted by molar-refractivity contribution is 7.92. The van der Waals surface area contributed by atoms with Crippen molar-refractivity contribution in [3.05, 3.63) is 30.1 Å². The van der Waals surface area contributed by atoms with E-state index in [-0.39, 0.29) is 17.6 Å². The lowest BCUT2D eigenvalue weighted by molar-refractivity contribution is -0.151. The molecule has 0 bridgehead atoms. The Hall–Kier alpha value is -2.16. The fourth-order valence-corrected chi connectivity index (χ4v) is 4.44. The van der Waals surface area contributed by atoms with Crippen LogP contribution in [0.2, 0.25) is 0 Å². The van der Waals surface area contributed by atoms with E-state index in [1.165, 1.54) is 30.0 Å². The van der Waals surface area contributed by atoms with Gasteiger partial charge >= 0.3 is 5.97 Å². The number of likely N-dealkylation sites (tertiary alicyclic amines) is 1. The molecule has 1 aliphatic heterocycles. The zero-order chi connectivity index (χ0) is 20.2. The highest BCUT2D eigenvalue weighted by Crippen LogP contribution is 2.26. The van der Waals surface area contributed by atoms with Gasteiger partial charge in [0.05, 0.1) is 24.5 Å². The second kappa shape index (κ2) is 8.69. The standard InChI is InChI=1S/C18H25FN2O5S/c1-4-26-18(23)14-9-11-20(12-10-14)17(22)13(2)21(27(3,24)25)16-8-6-5-7-15(16)19/h5-8,13-14H,4,9-12H2,1-3H3/t13-/m0/s1. The molecule has 0 spiro atoms. The summed E-state index contributed by atoms with van der Waals surface area (Å²) in [6.45, 7) is 4.12. The third-order valence-electron chi connectivity index (χ3n) is 4.58. The maximum absolute atomic E-state index is 14.2. The normalized spacial score (nSPS) is 16.7. The van der Waals surface area contributed by atoms with Crippen LogP contribution in [0, 0.1) is 11.7 Å². The van der Waals surface area contributed by atoms with Crippen molar-refractivity contribution < 1.29 is 27.1 Å². The molecule has 150 valence electrons. The van der Waals surface area contributed by atoms with E-state index in [2.05, 4.69) is 0 Å². The molecule has 0 N–H and O–H groups in total. The molecule has 0 radical (unpaired) electrons. The fourth-order valence-electron chi connectivity index (χ4n) is 3.27. The molecule has 0 saturated carbocycles. The first kappa shape index (κ1) is 21.1. The Morgan fingerprint density at radius 1 is 1.30 bits per heavy atom. The molecule has 0 aromatic heterocycles. The Balaban J connectivity index is 2.15. The smallest absolute Gasteiger partial charge is 0.309 e. The number of ether oxygens (including phenoxy) is 1. The van der Waals surface area contributed by atoms with Gasteiger partial charge in [-0.3, -0.25) is 13.9 Å². The SMILES string of the molecule is CCOC(=O)C1CCN(C(=O)[C@H](C)N(c2ccccc2F)S(C)(=O)=O)CC1. The van der Waals surface area contributed by atoms with Gasteiger partial charge in [0.15, 0.2) is 0 Å². The molecule has 0 aliphatic carbocycles. The van der Waals surface area contributed by atoms with Crippen LogP contribution in [0.25, 0.3) is 0 Å². The van der Waals surface area contributed by atoms with Crippen molar-refractivity contribution in [1.82, 2.24) is 4.90 Å². The van der Waals surface area contributed by atoms with E-state index in [9.17, 15) is 22.4 Å². The first-order valence-corrected chi connectivity index (χ1v) is 10.7. The predicted molar refractivity (Wildman–Crippen MR) is 99.1 cm³/mol. The highest BCUT2D eigenvalue weighted by Gasteiger charge is 2.36. The van der Waals surface area contributed by atoms with Gasteiger partial charge in [0.1, 0.15) is 11.9 Å². The number of benzene rings is 1. The number of para-hydroxylation sites is 1. The maximum atomic E-state index is 14.2. The molecule has 1 amide bonds. The van der Waals surface area contributed by atoms with Crippen molar-refractivity contribution in [2.24, 2.45) is 5.92 Å². The summed E-state index contributed by atoms with van der Waals surface area (Å²) in [5, 5.41) is 0. The zero-order valence-corrected chi connectivity index (χ0v) is 16.5.